The number of methoxy groups -OCH3 is 2. The molecular weight excluding hydrogens is 308 g/mol. The van der Waals surface area contributed by atoms with Gasteiger partial charge >= 0.3 is 5.97 Å². The fourth-order valence-corrected chi connectivity index (χ4v) is 2.72. The minimum absolute atomic E-state index is 0.00910. The number of ether oxygens (including phenoxy) is 4. The van der Waals surface area contributed by atoms with Gasteiger partial charge in [-0.15, -0.1) is 0 Å². The van der Waals surface area contributed by atoms with Gasteiger partial charge in [-0.05, 0) is 17.7 Å². The van der Waals surface area contributed by atoms with Crippen LogP contribution in [0.5, 0.6) is 5.75 Å². The van der Waals surface area contributed by atoms with Crippen LogP contribution < -0.4 is 4.74 Å². The van der Waals surface area contributed by atoms with E-state index in [0.29, 0.717) is 19.6 Å². The SMILES string of the molecule is COc1ccc(COC[C@H](C)[C@H](C[C@@H]2CC=CC(=O)O2)OC)cc1. The fourth-order valence-electron chi connectivity index (χ4n) is 2.72. The Hall–Kier alpha value is -1.85. The van der Waals surface area contributed by atoms with Gasteiger partial charge in [-0.2, -0.15) is 0 Å². The van der Waals surface area contributed by atoms with Crippen LogP contribution in [0.25, 0.3) is 0 Å². The molecule has 0 amide bonds. The van der Waals surface area contributed by atoms with Gasteiger partial charge in [0.1, 0.15) is 11.9 Å². The summed E-state index contributed by atoms with van der Waals surface area (Å²) in [5.74, 6) is 0.769. The van der Waals surface area contributed by atoms with Crippen molar-refractivity contribution in [3.63, 3.8) is 0 Å². The van der Waals surface area contributed by atoms with E-state index >= 15 is 0 Å². The Morgan fingerprint density at radius 1 is 1.25 bits per heavy atom. The smallest absolute Gasteiger partial charge is 0.330 e. The molecule has 0 unspecified atom stereocenters. The number of esters is 1. The van der Waals surface area contributed by atoms with Gasteiger partial charge < -0.3 is 18.9 Å². The normalized spacial score (nSPS) is 19.6. The summed E-state index contributed by atoms with van der Waals surface area (Å²) in [6.07, 6.45) is 4.62. The molecule has 1 aromatic carbocycles. The van der Waals surface area contributed by atoms with Crippen LogP contribution in [0.3, 0.4) is 0 Å². The first-order valence-corrected chi connectivity index (χ1v) is 8.23. The molecule has 0 radical (unpaired) electrons. The van der Waals surface area contributed by atoms with Crippen molar-refractivity contribution in [2.45, 2.75) is 38.6 Å². The van der Waals surface area contributed by atoms with Crippen molar-refractivity contribution in [2.75, 3.05) is 20.8 Å². The van der Waals surface area contributed by atoms with E-state index in [1.54, 1.807) is 14.2 Å². The second kappa shape index (κ2) is 9.45. The van der Waals surface area contributed by atoms with Crippen LogP contribution in [0, 0.1) is 5.92 Å². The summed E-state index contributed by atoms with van der Waals surface area (Å²) in [5, 5.41) is 0. The molecule has 1 aromatic rings. The van der Waals surface area contributed by atoms with Gasteiger partial charge in [-0.1, -0.05) is 25.1 Å². The van der Waals surface area contributed by atoms with E-state index in [1.807, 2.05) is 30.3 Å². The molecular formula is C19H26O5. The molecule has 3 atom stereocenters. The number of hydrogen-bond donors (Lipinski definition) is 0. The zero-order valence-electron chi connectivity index (χ0n) is 14.6. The molecule has 5 heteroatoms. The number of benzene rings is 1. The number of carbonyl (C=O) groups is 1. The lowest BCUT2D eigenvalue weighted by atomic mass is 9.97. The summed E-state index contributed by atoms with van der Waals surface area (Å²) in [4.78, 5) is 11.3. The molecule has 0 spiro atoms. The first-order chi connectivity index (χ1) is 11.6. The van der Waals surface area contributed by atoms with Gasteiger partial charge in [0.2, 0.25) is 0 Å². The van der Waals surface area contributed by atoms with Crippen molar-refractivity contribution >= 4 is 5.97 Å². The molecule has 1 aliphatic heterocycles. The maximum absolute atomic E-state index is 11.3. The molecule has 0 saturated carbocycles. The van der Waals surface area contributed by atoms with Crippen molar-refractivity contribution in [2.24, 2.45) is 5.92 Å². The topological polar surface area (TPSA) is 54.0 Å². The third kappa shape index (κ3) is 5.65. The Bertz CT molecular complexity index is 537. The minimum Gasteiger partial charge on any atom is -0.497 e. The lowest BCUT2D eigenvalue weighted by molar-refractivity contribution is -0.146. The van der Waals surface area contributed by atoms with Crippen molar-refractivity contribution in [3.05, 3.63) is 42.0 Å². The number of hydrogen-bond acceptors (Lipinski definition) is 5. The third-order valence-electron chi connectivity index (χ3n) is 4.18. The first-order valence-electron chi connectivity index (χ1n) is 8.23. The fraction of sp³-hybridized carbons (Fsp3) is 0.526. The van der Waals surface area contributed by atoms with Crippen LogP contribution in [0.2, 0.25) is 0 Å². The number of rotatable bonds is 9. The van der Waals surface area contributed by atoms with Gasteiger partial charge in [0.25, 0.3) is 0 Å². The summed E-state index contributed by atoms with van der Waals surface area (Å²) >= 11 is 0. The molecule has 0 aromatic heterocycles. The quantitative estimate of drug-likeness (QED) is 0.650. The molecule has 2 rings (SSSR count). The zero-order chi connectivity index (χ0) is 17.4. The lowest BCUT2D eigenvalue weighted by Gasteiger charge is -2.27. The Morgan fingerprint density at radius 3 is 2.62 bits per heavy atom. The summed E-state index contributed by atoms with van der Waals surface area (Å²) < 4.78 is 21.8. The average Bonchev–Trinajstić information content (AvgIpc) is 2.60. The Kier molecular flexibility index (Phi) is 7.28. The van der Waals surface area contributed by atoms with Crippen LogP contribution >= 0.6 is 0 Å². The highest BCUT2D eigenvalue weighted by molar-refractivity contribution is 5.82. The molecule has 1 aliphatic rings. The Balaban J connectivity index is 1.75. The van der Waals surface area contributed by atoms with Gasteiger partial charge in [0.15, 0.2) is 0 Å². The van der Waals surface area contributed by atoms with Crippen molar-refractivity contribution < 1.29 is 23.7 Å². The van der Waals surface area contributed by atoms with Crippen molar-refractivity contribution in [1.29, 1.82) is 0 Å². The van der Waals surface area contributed by atoms with Crippen LogP contribution in [-0.2, 0) is 25.6 Å². The highest BCUT2D eigenvalue weighted by Crippen LogP contribution is 2.20. The molecule has 1 heterocycles. The third-order valence-corrected chi connectivity index (χ3v) is 4.18. The van der Waals surface area contributed by atoms with Gasteiger partial charge in [-0.25, -0.2) is 4.79 Å². The van der Waals surface area contributed by atoms with E-state index in [0.717, 1.165) is 17.7 Å². The largest absolute Gasteiger partial charge is 0.497 e. The minimum atomic E-state index is -0.274. The maximum Gasteiger partial charge on any atom is 0.330 e. The second-order valence-corrected chi connectivity index (χ2v) is 6.05. The summed E-state index contributed by atoms with van der Waals surface area (Å²) in [6, 6.07) is 7.83. The average molecular weight is 334 g/mol. The van der Waals surface area contributed by atoms with Crippen LogP contribution in [0.1, 0.15) is 25.3 Å². The molecule has 0 N–H and O–H groups in total. The van der Waals surface area contributed by atoms with Gasteiger partial charge in [-0.3, -0.25) is 0 Å². The van der Waals surface area contributed by atoms with E-state index in [4.69, 9.17) is 18.9 Å². The van der Waals surface area contributed by atoms with Crippen molar-refractivity contribution in [3.8, 4) is 5.75 Å². The number of cyclic esters (lactones) is 1. The van der Waals surface area contributed by atoms with E-state index < -0.39 is 0 Å². The van der Waals surface area contributed by atoms with E-state index in [9.17, 15) is 4.79 Å². The summed E-state index contributed by atoms with van der Waals surface area (Å²) in [7, 11) is 3.34. The summed E-state index contributed by atoms with van der Waals surface area (Å²) in [6.45, 7) is 3.22. The lowest BCUT2D eigenvalue weighted by Crippen LogP contribution is -2.32. The highest BCUT2D eigenvalue weighted by Gasteiger charge is 2.25. The van der Waals surface area contributed by atoms with E-state index in [2.05, 4.69) is 6.92 Å². The highest BCUT2D eigenvalue weighted by atomic mass is 16.5. The molecule has 132 valence electrons. The zero-order valence-corrected chi connectivity index (χ0v) is 14.6. The summed E-state index contributed by atoms with van der Waals surface area (Å²) in [5.41, 5.74) is 1.10. The molecule has 0 saturated heterocycles. The Morgan fingerprint density at radius 2 is 2.00 bits per heavy atom. The Labute approximate surface area is 143 Å². The van der Waals surface area contributed by atoms with Crippen LogP contribution in [0.4, 0.5) is 0 Å². The first kappa shape index (κ1) is 18.5. The maximum atomic E-state index is 11.3. The van der Waals surface area contributed by atoms with Gasteiger partial charge in [0, 0.05) is 31.9 Å². The molecule has 0 bridgehead atoms. The predicted molar refractivity (Wildman–Crippen MR) is 90.9 cm³/mol. The molecule has 0 aliphatic carbocycles. The molecule has 0 fully saturated rings. The molecule has 5 nitrogen and oxygen atoms in total. The van der Waals surface area contributed by atoms with Crippen molar-refractivity contribution in [1.82, 2.24) is 0 Å². The monoisotopic (exact) mass is 334 g/mol. The van der Waals surface area contributed by atoms with E-state index in [-0.39, 0.29) is 24.1 Å². The number of carbonyl (C=O) groups excluding carboxylic acids is 1. The standard InChI is InChI=1S/C19H26O5/c1-14(12-23-13-15-7-9-16(21-2)10-8-15)18(22-3)11-17-5-4-6-19(20)24-17/h4,6-10,14,17-18H,5,11-13H2,1-3H3/t14-,17-,18-/m0/s1. The second-order valence-electron chi connectivity index (χ2n) is 6.05. The van der Waals surface area contributed by atoms with Crippen LogP contribution in [-0.4, -0.2) is 39.0 Å². The molecule has 24 heavy (non-hydrogen) atoms. The predicted octanol–water partition coefficient (Wildman–Crippen LogP) is 3.12. The van der Waals surface area contributed by atoms with Gasteiger partial charge in [0.05, 0.1) is 26.4 Å². The van der Waals surface area contributed by atoms with Crippen LogP contribution in [0.15, 0.2) is 36.4 Å². The van der Waals surface area contributed by atoms with E-state index in [1.165, 1.54) is 6.08 Å².